The predicted octanol–water partition coefficient (Wildman–Crippen LogP) is 3.02. The average Bonchev–Trinajstić information content (AvgIpc) is 2.52. The molecule has 124 valence electrons. The standard InChI is InChI=1S/C18H17F2N3O/c1-18(10-16(24)23(2)17(21)22-18)13-5-3-4-11(6-13)12-7-14(19)9-15(20)8-12/h3-9H,10H2,1-2H3,(H2,21,22). The molecule has 3 rings (SSSR count). The number of nitrogens with zero attached hydrogens (tertiary/aromatic N) is 2. The smallest absolute Gasteiger partial charge is 0.231 e. The molecule has 1 aliphatic heterocycles. The Bertz CT molecular complexity index is 830. The summed E-state index contributed by atoms with van der Waals surface area (Å²) in [6, 6.07) is 10.5. The van der Waals surface area contributed by atoms with Crippen molar-refractivity contribution in [3.05, 3.63) is 59.7 Å². The number of aliphatic imine (C=N–C) groups is 1. The molecule has 1 heterocycles. The zero-order valence-corrected chi connectivity index (χ0v) is 13.4. The van der Waals surface area contributed by atoms with Crippen molar-refractivity contribution in [2.24, 2.45) is 10.7 Å². The first-order valence-corrected chi connectivity index (χ1v) is 7.47. The van der Waals surface area contributed by atoms with E-state index >= 15 is 0 Å². The maximum Gasteiger partial charge on any atom is 0.231 e. The summed E-state index contributed by atoms with van der Waals surface area (Å²) in [4.78, 5) is 17.9. The Balaban J connectivity index is 2.06. The van der Waals surface area contributed by atoms with Crippen LogP contribution in [0.4, 0.5) is 8.78 Å². The third-order valence-corrected chi connectivity index (χ3v) is 4.25. The Labute approximate surface area is 138 Å². The van der Waals surface area contributed by atoms with Crippen molar-refractivity contribution in [2.75, 3.05) is 7.05 Å². The van der Waals surface area contributed by atoms with E-state index in [1.165, 1.54) is 17.0 Å². The van der Waals surface area contributed by atoms with Gasteiger partial charge in [-0.2, -0.15) is 0 Å². The molecule has 1 aliphatic rings. The number of carbonyl (C=O) groups excluding carboxylic acids is 1. The summed E-state index contributed by atoms with van der Waals surface area (Å²) in [7, 11) is 1.58. The van der Waals surface area contributed by atoms with Gasteiger partial charge in [0.2, 0.25) is 5.91 Å². The van der Waals surface area contributed by atoms with Gasteiger partial charge < -0.3 is 5.73 Å². The normalized spacial score (nSPS) is 20.9. The van der Waals surface area contributed by atoms with Crippen LogP contribution in [0.3, 0.4) is 0 Å². The molecule has 0 saturated carbocycles. The summed E-state index contributed by atoms with van der Waals surface area (Å²) in [5.74, 6) is -1.26. The van der Waals surface area contributed by atoms with Crippen LogP contribution < -0.4 is 5.73 Å². The summed E-state index contributed by atoms with van der Waals surface area (Å²) in [5, 5.41) is 0. The van der Waals surface area contributed by atoms with Crippen molar-refractivity contribution < 1.29 is 13.6 Å². The molecule has 0 fully saturated rings. The van der Waals surface area contributed by atoms with Crippen LogP contribution in [0.5, 0.6) is 0 Å². The summed E-state index contributed by atoms with van der Waals surface area (Å²) in [6.07, 6.45) is 0.172. The Morgan fingerprint density at radius 2 is 1.79 bits per heavy atom. The first-order chi connectivity index (χ1) is 11.3. The monoisotopic (exact) mass is 329 g/mol. The van der Waals surface area contributed by atoms with Gasteiger partial charge in [0.15, 0.2) is 5.96 Å². The quantitative estimate of drug-likeness (QED) is 0.921. The van der Waals surface area contributed by atoms with Crippen molar-refractivity contribution in [3.63, 3.8) is 0 Å². The molecule has 24 heavy (non-hydrogen) atoms. The fourth-order valence-electron chi connectivity index (χ4n) is 2.83. The Morgan fingerprint density at radius 3 is 2.42 bits per heavy atom. The van der Waals surface area contributed by atoms with Crippen LogP contribution >= 0.6 is 0 Å². The lowest BCUT2D eigenvalue weighted by atomic mass is 9.86. The van der Waals surface area contributed by atoms with Gasteiger partial charge in [-0.1, -0.05) is 18.2 Å². The van der Waals surface area contributed by atoms with E-state index in [0.717, 1.165) is 11.6 Å². The lowest BCUT2D eigenvalue weighted by molar-refractivity contribution is -0.128. The van der Waals surface area contributed by atoms with Gasteiger partial charge in [0.25, 0.3) is 0 Å². The minimum atomic E-state index is -0.810. The van der Waals surface area contributed by atoms with Gasteiger partial charge >= 0.3 is 0 Å². The Kier molecular flexibility index (Phi) is 3.83. The molecule has 2 aromatic carbocycles. The molecule has 6 heteroatoms. The third-order valence-electron chi connectivity index (χ3n) is 4.25. The molecule has 0 aliphatic carbocycles. The van der Waals surface area contributed by atoms with Crippen LogP contribution in [-0.2, 0) is 10.3 Å². The van der Waals surface area contributed by atoms with E-state index in [9.17, 15) is 13.6 Å². The number of guanidine groups is 1. The lowest BCUT2D eigenvalue weighted by Gasteiger charge is -2.33. The number of carbonyl (C=O) groups is 1. The summed E-state index contributed by atoms with van der Waals surface area (Å²) >= 11 is 0. The molecule has 0 bridgehead atoms. The van der Waals surface area contributed by atoms with Gasteiger partial charge in [-0.3, -0.25) is 9.69 Å². The van der Waals surface area contributed by atoms with E-state index in [4.69, 9.17) is 5.73 Å². The minimum absolute atomic E-state index is 0.132. The molecule has 0 spiro atoms. The second-order valence-corrected chi connectivity index (χ2v) is 6.11. The topological polar surface area (TPSA) is 58.7 Å². The fourth-order valence-corrected chi connectivity index (χ4v) is 2.83. The van der Waals surface area contributed by atoms with E-state index in [1.807, 2.05) is 13.0 Å². The van der Waals surface area contributed by atoms with Gasteiger partial charge in [0.1, 0.15) is 11.6 Å². The number of nitrogens with two attached hydrogens (primary N) is 1. The Morgan fingerprint density at radius 1 is 1.12 bits per heavy atom. The fraction of sp³-hybridized carbons (Fsp3) is 0.222. The molecule has 0 radical (unpaired) electrons. The molecular weight excluding hydrogens is 312 g/mol. The van der Waals surface area contributed by atoms with Crippen molar-refractivity contribution in [1.82, 2.24) is 4.90 Å². The van der Waals surface area contributed by atoms with Crippen LogP contribution in [0, 0.1) is 11.6 Å². The predicted molar refractivity (Wildman–Crippen MR) is 88.2 cm³/mol. The van der Waals surface area contributed by atoms with Crippen molar-refractivity contribution in [2.45, 2.75) is 18.9 Å². The number of benzene rings is 2. The van der Waals surface area contributed by atoms with E-state index in [2.05, 4.69) is 4.99 Å². The van der Waals surface area contributed by atoms with E-state index in [0.29, 0.717) is 11.1 Å². The van der Waals surface area contributed by atoms with Crippen LogP contribution in [0.1, 0.15) is 18.9 Å². The summed E-state index contributed by atoms with van der Waals surface area (Å²) < 4.78 is 26.9. The Hall–Kier alpha value is -2.76. The highest BCUT2D eigenvalue weighted by atomic mass is 19.1. The van der Waals surface area contributed by atoms with Gasteiger partial charge in [-0.15, -0.1) is 0 Å². The second kappa shape index (κ2) is 5.70. The van der Waals surface area contributed by atoms with Crippen LogP contribution in [0.15, 0.2) is 47.5 Å². The molecule has 1 unspecified atom stereocenters. The lowest BCUT2D eigenvalue weighted by Crippen LogP contribution is -2.47. The highest BCUT2D eigenvalue weighted by Gasteiger charge is 2.36. The van der Waals surface area contributed by atoms with Gasteiger partial charge in [0, 0.05) is 13.1 Å². The van der Waals surface area contributed by atoms with Crippen molar-refractivity contribution in [1.29, 1.82) is 0 Å². The van der Waals surface area contributed by atoms with Gasteiger partial charge in [0.05, 0.1) is 12.0 Å². The molecule has 4 nitrogen and oxygen atoms in total. The number of rotatable bonds is 2. The maximum absolute atomic E-state index is 13.5. The highest BCUT2D eigenvalue weighted by Crippen LogP contribution is 2.35. The number of hydrogen-bond acceptors (Lipinski definition) is 3. The van der Waals surface area contributed by atoms with E-state index in [1.54, 1.807) is 25.2 Å². The van der Waals surface area contributed by atoms with Gasteiger partial charge in [-0.05, 0) is 41.8 Å². The number of amides is 1. The third kappa shape index (κ3) is 2.87. The molecule has 2 N–H and O–H groups in total. The highest BCUT2D eigenvalue weighted by molar-refractivity contribution is 5.98. The van der Waals surface area contributed by atoms with Crippen LogP contribution in [0.2, 0.25) is 0 Å². The minimum Gasteiger partial charge on any atom is -0.369 e. The summed E-state index contributed by atoms with van der Waals surface area (Å²) in [5.41, 5.74) is 6.85. The first-order valence-electron chi connectivity index (χ1n) is 7.47. The van der Waals surface area contributed by atoms with E-state index < -0.39 is 17.2 Å². The zero-order valence-electron chi connectivity index (χ0n) is 13.4. The average molecular weight is 329 g/mol. The van der Waals surface area contributed by atoms with Crippen molar-refractivity contribution in [3.8, 4) is 11.1 Å². The largest absolute Gasteiger partial charge is 0.369 e. The maximum atomic E-state index is 13.5. The second-order valence-electron chi connectivity index (χ2n) is 6.11. The molecular formula is C18H17F2N3O. The number of hydrogen-bond donors (Lipinski definition) is 1. The zero-order chi connectivity index (χ0) is 17.5. The number of halogens is 2. The van der Waals surface area contributed by atoms with Crippen molar-refractivity contribution >= 4 is 11.9 Å². The molecule has 1 atom stereocenters. The summed E-state index contributed by atoms with van der Waals surface area (Å²) in [6.45, 7) is 1.82. The first kappa shape index (κ1) is 16.1. The van der Waals surface area contributed by atoms with E-state index in [-0.39, 0.29) is 18.3 Å². The molecule has 0 saturated heterocycles. The molecule has 0 aromatic heterocycles. The van der Waals surface area contributed by atoms with Gasteiger partial charge in [-0.25, -0.2) is 13.8 Å². The molecule has 2 aromatic rings. The molecule has 1 amide bonds. The van der Waals surface area contributed by atoms with Crippen LogP contribution in [0.25, 0.3) is 11.1 Å². The van der Waals surface area contributed by atoms with Crippen LogP contribution in [-0.4, -0.2) is 23.8 Å². The SMILES string of the molecule is CN1C(=O)CC(C)(c2cccc(-c3cc(F)cc(F)c3)c2)N=C1N.